The summed E-state index contributed by atoms with van der Waals surface area (Å²) in [6.07, 6.45) is 2.30. The Morgan fingerprint density at radius 3 is 2.40 bits per heavy atom. The molecule has 0 heterocycles. The Hall–Kier alpha value is -1.02. The highest BCUT2D eigenvalue weighted by molar-refractivity contribution is 5.55. The van der Waals surface area contributed by atoms with Crippen molar-refractivity contribution in [3.05, 3.63) is 29.8 Å². The van der Waals surface area contributed by atoms with Crippen LogP contribution >= 0.6 is 0 Å². The van der Waals surface area contributed by atoms with Crippen LogP contribution in [0.25, 0.3) is 0 Å². The molecule has 15 heavy (non-hydrogen) atoms. The second-order valence-electron chi connectivity index (χ2n) is 4.83. The van der Waals surface area contributed by atoms with E-state index in [1.165, 1.54) is 0 Å². The number of benzene rings is 1. The molecule has 0 aliphatic heterocycles. The van der Waals surface area contributed by atoms with Crippen molar-refractivity contribution in [3.8, 4) is 0 Å². The highest BCUT2D eigenvalue weighted by Crippen LogP contribution is 2.47. The first kappa shape index (κ1) is 10.5. The van der Waals surface area contributed by atoms with Gasteiger partial charge in [-0.2, -0.15) is 0 Å². The molecule has 2 heteroatoms. The van der Waals surface area contributed by atoms with Gasteiger partial charge in [-0.05, 0) is 31.7 Å². The third kappa shape index (κ3) is 1.86. The maximum Gasteiger partial charge on any atom is 0.0916 e. The second kappa shape index (κ2) is 3.53. The highest BCUT2D eigenvalue weighted by atomic mass is 16.3. The lowest BCUT2D eigenvalue weighted by molar-refractivity contribution is 0.0336. The zero-order valence-electron chi connectivity index (χ0n) is 9.70. The van der Waals surface area contributed by atoms with E-state index in [0.29, 0.717) is 5.92 Å². The Morgan fingerprint density at radius 2 is 1.87 bits per heavy atom. The molecule has 1 aromatic carbocycles. The van der Waals surface area contributed by atoms with E-state index >= 15 is 0 Å². The van der Waals surface area contributed by atoms with Crippen LogP contribution in [-0.2, 0) is 5.60 Å². The maximum atomic E-state index is 10.5. The maximum absolute atomic E-state index is 10.5. The Balaban J connectivity index is 2.42. The fourth-order valence-corrected chi connectivity index (χ4v) is 2.16. The fraction of sp³-hybridized carbons (Fsp3) is 0.538. The van der Waals surface area contributed by atoms with E-state index in [9.17, 15) is 5.11 Å². The zero-order chi connectivity index (χ0) is 11.1. The van der Waals surface area contributed by atoms with Crippen molar-refractivity contribution in [2.24, 2.45) is 5.92 Å². The topological polar surface area (TPSA) is 23.5 Å². The standard InChI is InChI=1S/C13H19NO/c1-13(15,10-8-9-10)11-6-4-5-7-12(11)14(2)3/h4-7,10,15H,8-9H2,1-3H3/t13-/m1/s1. The number of hydrogen-bond donors (Lipinski definition) is 1. The molecule has 1 aromatic rings. The van der Waals surface area contributed by atoms with Crippen molar-refractivity contribution in [3.63, 3.8) is 0 Å². The van der Waals surface area contributed by atoms with Gasteiger partial charge in [-0.25, -0.2) is 0 Å². The second-order valence-corrected chi connectivity index (χ2v) is 4.83. The molecule has 1 aliphatic carbocycles. The first-order valence-electron chi connectivity index (χ1n) is 5.52. The smallest absolute Gasteiger partial charge is 0.0916 e. The SMILES string of the molecule is CN(C)c1ccccc1[C@](C)(O)C1CC1. The molecule has 1 saturated carbocycles. The summed E-state index contributed by atoms with van der Waals surface area (Å²) >= 11 is 0. The lowest BCUT2D eigenvalue weighted by Gasteiger charge is -2.28. The van der Waals surface area contributed by atoms with Crippen LogP contribution in [0.3, 0.4) is 0 Å². The summed E-state index contributed by atoms with van der Waals surface area (Å²) in [5.41, 5.74) is 1.51. The molecule has 0 bridgehead atoms. The molecule has 0 amide bonds. The summed E-state index contributed by atoms with van der Waals surface area (Å²) in [4.78, 5) is 2.06. The molecule has 0 aromatic heterocycles. The monoisotopic (exact) mass is 205 g/mol. The van der Waals surface area contributed by atoms with Gasteiger partial charge in [0.15, 0.2) is 0 Å². The van der Waals surface area contributed by atoms with Crippen LogP contribution < -0.4 is 4.90 Å². The summed E-state index contributed by atoms with van der Waals surface area (Å²) < 4.78 is 0. The Morgan fingerprint density at radius 1 is 1.27 bits per heavy atom. The number of anilines is 1. The van der Waals surface area contributed by atoms with Crippen LogP contribution in [0, 0.1) is 5.92 Å². The molecule has 1 atom stereocenters. The summed E-state index contributed by atoms with van der Waals surface area (Å²) in [7, 11) is 4.03. The molecule has 1 fully saturated rings. The predicted octanol–water partition coefficient (Wildman–Crippen LogP) is 2.37. The molecule has 1 aliphatic rings. The number of hydrogen-bond acceptors (Lipinski definition) is 2. The van der Waals surface area contributed by atoms with Gasteiger partial charge in [-0.15, -0.1) is 0 Å². The van der Waals surface area contributed by atoms with Crippen molar-refractivity contribution in [2.45, 2.75) is 25.4 Å². The third-order valence-corrected chi connectivity index (χ3v) is 3.30. The molecular formula is C13H19NO. The quantitative estimate of drug-likeness (QED) is 0.819. The summed E-state index contributed by atoms with van der Waals surface area (Å²) in [6, 6.07) is 8.11. The minimum absolute atomic E-state index is 0.443. The lowest BCUT2D eigenvalue weighted by atomic mass is 9.89. The molecule has 2 nitrogen and oxygen atoms in total. The van der Waals surface area contributed by atoms with Crippen LogP contribution in [0.1, 0.15) is 25.3 Å². The minimum atomic E-state index is -0.666. The Bertz CT molecular complexity index is 353. The summed E-state index contributed by atoms with van der Waals surface area (Å²) in [6.45, 7) is 1.94. The van der Waals surface area contributed by atoms with E-state index in [1.807, 2.05) is 39.2 Å². The van der Waals surface area contributed by atoms with Gasteiger partial charge in [0.2, 0.25) is 0 Å². The Kier molecular flexibility index (Phi) is 2.47. The van der Waals surface area contributed by atoms with Crippen molar-refractivity contribution >= 4 is 5.69 Å². The zero-order valence-corrected chi connectivity index (χ0v) is 9.70. The van der Waals surface area contributed by atoms with Gasteiger partial charge in [-0.1, -0.05) is 18.2 Å². The first-order chi connectivity index (χ1) is 7.03. The normalized spacial score (nSPS) is 19.7. The van der Waals surface area contributed by atoms with Gasteiger partial charge in [0.1, 0.15) is 0 Å². The van der Waals surface area contributed by atoms with Crippen LogP contribution in [0.5, 0.6) is 0 Å². The molecule has 0 spiro atoms. The average molecular weight is 205 g/mol. The van der Waals surface area contributed by atoms with E-state index in [4.69, 9.17) is 0 Å². The predicted molar refractivity (Wildman–Crippen MR) is 63.1 cm³/mol. The van der Waals surface area contributed by atoms with Crippen LogP contribution in [0.2, 0.25) is 0 Å². The highest BCUT2D eigenvalue weighted by Gasteiger charge is 2.42. The molecule has 0 unspecified atom stereocenters. The van der Waals surface area contributed by atoms with Crippen molar-refractivity contribution in [1.82, 2.24) is 0 Å². The molecule has 1 N–H and O–H groups in total. The minimum Gasteiger partial charge on any atom is -0.385 e. The van der Waals surface area contributed by atoms with Crippen molar-refractivity contribution < 1.29 is 5.11 Å². The number of rotatable bonds is 3. The van der Waals surface area contributed by atoms with Crippen LogP contribution in [0.4, 0.5) is 5.69 Å². The van der Waals surface area contributed by atoms with E-state index in [2.05, 4.69) is 11.0 Å². The number of nitrogens with zero attached hydrogens (tertiary/aromatic N) is 1. The van der Waals surface area contributed by atoms with Gasteiger partial charge >= 0.3 is 0 Å². The first-order valence-corrected chi connectivity index (χ1v) is 5.52. The molecular weight excluding hydrogens is 186 g/mol. The molecule has 0 radical (unpaired) electrons. The van der Waals surface area contributed by atoms with Gasteiger partial charge < -0.3 is 10.0 Å². The molecule has 82 valence electrons. The van der Waals surface area contributed by atoms with E-state index in [1.54, 1.807) is 0 Å². The number of aliphatic hydroxyl groups is 1. The van der Waals surface area contributed by atoms with Crippen molar-refractivity contribution in [1.29, 1.82) is 0 Å². The largest absolute Gasteiger partial charge is 0.385 e. The van der Waals surface area contributed by atoms with E-state index in [0.717, 1.165) is 24.1 Å². The van der Waals surface area contributed by atoms with E-state index < -0.39 is 5.60 Å². The third-order valence-electron chi connectivity index (χ3n) is 3.30. The lowest BCUT2D eigenvalue weighted by Crippen LogP contribution is -2.27. The van der Waals surface area contributed by atoms with Gasteiger partial charge in [-0.3, -0.25) is 0 Å². The van der Waals surface area contributed by atoms with Crippen LogP contribution in [0.15, 0.2) is 24.3 Å². The summed E-state index contributed by atoms with van der Waals surface area (Å²) in [5, 5.41) is 10.5. The van der Waals surface area contributed by atoms with Crippen LogP contribution in [-0.4, -0.2) is 19.2 Å². The molecule has 2 rings (SSSR count). The van der Waals surface area contributed by atoms with E-state index in [-0.39, 0.29) is 0 Å². The summed E-state index contributed by atoms with van der Waals surface area (Å²) in [5.74, 6) is 0.443. The molecule has 0 saturated heterocycles. The van der Waals surface area contributed by atoms with Gasteiger partial charge in [0.25, 0.3) is 0 Å². The Labute approximate surface area is 91.5 Å². The van der Waals surface area contributed by atoms with Gasteiger partial charge in [0.05, 0.1) is 5.60 Å². The van der Waals surface area contributed by atoms with Crippen molar-refractivity contribution in [2.75, 3.05) is 19.0 Å². The fourth-order valence-electron chi connectivity index (χ4n) is 2.16. The average Bonchev–Trinajstić information content (AvgIpc) is 3.01. The van der Waals surface area contributed by atoms with Gasteiger partial charge in [0, 0.05) is 25.3 Å². The number of para-hydroxylation sites is 1.